The van der Waals surface area contributed by atoms with Gasteiger partial charge in [-0.15, -0.1) is 0 Å². The van der Waals surface area contributed by atoms with Crippen LogP contribution in [-0.2, 0) is 0 Å². The van der Waals surface area contributed by atoms with Gasteiger partial charge in [0.15, 0.2) is 5.75 Å². The zero-order chi connectivity index (χ0) is 12.8. The van der Waals surface area contributed by atoms with Crippen LogP contribution in [0.3, 0.4) is 0 Å². The molecule has 94 valence electrons. The molecule has 0 bridgehead atoms. The molecule has 0 saturated heterocycles. The molecule has 17 heavy (non-hydrogen) atoms. The number of carbonyl (C=O) groups is 1. The van der Waals surface area contributed by atoms with Crippen molar-refractivity contribution < 1.29 is 23.0 Å². The Morgan fingerprint density at radius 3 is 2.29 bits per heavy atom. The molecule has 5 nitrogen and oxygen atoms in total. The van der Waals surface area contributed by atoms with Crippen LogP contribution in [0.15, 0.2) is 12.1 Å². The first-order valence-electron chi connectivity index (χ1n) is 3.99. The van der Waals surface area contributed by atoms with E-state index in [1.165, 1.54) is 19.2 Å². The van der Waals surface area contributed by atoms with E-state index in [0.717, 1.165) is 18.4 Å². The van der Waals surface area contributed by atoms with Crippen molar-refractivity contribution in [3.05, 3.63) is 17.7 Å². The molecule has 1 aromatic rings. The fraction of sp³-hybridized carbons (Fsp3) is 0.125. The number of methoxy groups -OCH3 is 1. The molecule has 0 aliphatic rings. The van der Waals surface area contributed by atoms with Gasteiger partial charge in [-0.2, -0.15) is 0 Å². The topological polar surface area (TPSA) is 65.0 Å². The number of carboxylic acids is 1. The van der Waals surface area contributed by atoms with Gasteiger partial charge in [-0.3, -0.25) is 0 Å². The average molecular weight is 500 g/mol. The zero-order valence-corrected chi connectivity index (χ0v) is 14.3. The molecule has 0 aliphatic heterocycles. The molecule has 0 fully saturated rings. The molecule has 0 atom stereocenters. The lowest BCUT2D eigenvalue weighted by Gasteiger charge is -2.11. The summed E-state index contributed by atoms with van der Waals surface area (Å²) >= 11 is 3.86. The minimum absolute atomic E-state index is 0.0255. The van der Waals surface area contributed by atoms with Gasteiger partial charge in [-0.25, -0.2) is 4.79 Å². The summed E-state index contributed by atoms with van der Waals surface area (Å²) in [5.74, 6) is -0.264. The lowest BCUT2D eigenvalue weighted by atomic mass is 10.1. The fourth-order valence-corrected chi connectivity index (χ4v) is 2.69. The Kier molecular flexibility index (Phi) is 6.87. The van der Waals surface area contributed by atoms with Gasteiger partial charge >= 0.3 is 5.97 Å². The highest BCUT2D eigenvalue weighted by atomic mass is 127. The van der Waals surface area contributed by atoms with E-state index >= 15 is 0 Å². The van der Waals surface area contributed by atoms with Crippen molar-refractivity contribution >= 4 is 66.8 Å². The Bertz CT molecular complexity index is 415. The summed E-state index contributed by atoms with van der Waals surface area (Å²) in [7, 11) is 3.53. The summed E-state index contributed by atoms with van der Waals surface area (Å²) in [5, 5.41) is 9.11. The van der Waals surface area contributed by atoms with Crippen molar-refractivity contribution in [1.29, 1.82) is 0 Å². The number of ether oxygens (including phenoxy) is 1. The number of benzene rings is 1. The second kappa shape index (κ2) is 7.63. The first-order chi connectivity index (χ1) is 8.13. The molecular formula is C8H6I2O5S2. The van der Waals surface area contributed by atoms with Gasteiger partial charge in [0, 0.05) is 54.5 Å². The van der Waals surface area contributed by atoms with Gasteiger partial charge in [0.05, 0.1) is 7.11 Å². The SMILES string of the molecule is COc1cc(OSI)cc(OSI)c1C(=O)O. The average Bonchev–Trinajstić information content (AvgIpc) is 2.28. The van der Waals surface area contributed by atoms with Crippen LogP contribution in [0.2, 0.25) is 0 Å². The van der Waals surface area contributed by atoms with Crippen molar-refractivity contribution in [3.8, 4) is 17.2 Å². The number of hydrogen-bond acceptors (Lipinski definition) is 6. The van der Waals surface area contributed by atoms with E-state index in [0.29, 0.717) is 5.75 Å². The van der Waals surface area contributed by atoms with Crippen LogP contribution in [-0.4, -0.2) is 18.2 Å². The normalized spacial score (nSPS) is 9.82. The van der Waals surface area contributed by atoms with Gasteiger partial charge in [-0.1, -0.05) is 0 Å². The smallest absolute Gasteiger partial charge is 0.343 e. The van der Waals surface area contributed by atoms with E-state index in [1.807, 2.05) is 42.4 Å². The highest BCUT2D eigenvalue weighted by Gasteiger charge is 2.20. The number of rotatable bonds is 6. The van der Waals surface area contributed by atoms with Gasteiger partial charge in [0.25, 0.3) is 0 Å². The highest BCUT2D eigenvalue weighted by molar-refractivity contribution is 14.2. The van der Waals surface area contributed by atoms with Crippen molar-refractivity contribution in [2.75, 3.05) is 7.11 Å². The molecule has 0 heterocycles. The molecule has 0 saturated carbocycles. The first kappa shape index (κ1) is 15.3. The van der Waals surface area contributed by atoms with E-state index in [-0.39, 0.29) is 17.1 Å². The molecule has 0 unspecified atom stereocenters. The predicted molar refractivity (Wildman–Crippen MR) is 84.4 cm³/mol. The first-order valence-corrected chi connectivity index (χ1v) is 10.6. The number of aromatic carboxylic acids is 1. The minimum atomic E-state index is -1.11. The summed E-state index contributed by atoms with van der Waals surface area (Å²) < 4.78 is 15.4. The van der Waals surface area contributed by atoms with Crippen molar-refractivity contribution in [2.45, 2.75) is 0 Å². The molecule has 1 N–H and O–H groups in total. The van der Waals surface area contributed by atoms with E-state index in [9.17, 15) is 4.79 Å². The van der Waals surface area contributed by atoms with E-state index in [2.05, 4.69) is 0 Å². The molecule has 0 radical (unpaired) electrons. The molecule has 1 rings (SSSR count). The lowest BCUT2D eigenvalue weighted by molar-refractivity contribution is 0.0691. The molecule has 1 aromatic carbocycles. The number of halogens is 2. The van der Waals surface area contributed by atoms with Gasteiger partial charge < -0.3 is 18.2 Å². The highest BCUT2D eigenvalue weighted by Crippen LogP contribution is 2.38. The Morgan fingerprint density at radius 1 is 1.24 bits per heavy atom. The minimum Gasteiger partial charge on any atom is -0.496 e. The van der Waals surface area contributed by atoms with Crippen LogP contribution in [0.4, 0.5) is 0 Å². The maximum absolute atomic E-state index is 11.1. The Balaban J connectivity index is 3.29. The van der Waals surface area contributed by atoms with E-state index < -0.39 is 5.97 Å². The second-order valence-corrected chi connectivity index (χ2v) is 5.34. The summed E-state index contributed by atoms with van der Waals surface area (Å²) in [6.07, 6.45) is 0. The fourth-order valence-electron chi connectivity index (χ4n) is 1.12. The lowest BCUT2D eigenvalue weighted by Crippen LogP contribution is -2.03. The maximum Gasteiger partial charge on any atom is 0.343 e. The summed E-state index contributed by atoms with van der Waals surface area (Å²) in [6.45, 7) is 0. The van der Waals surface area contributed by atoms with E-state index in [4.69, 9.17) is 18.2 Å². The molecule has 0 aromatic heterocycles. The molecule has 0 aliphatic carbocycles. The van der Waals surface area contributed by atoms with Crippen LogP contribution in [0.25, 0.3) is 0 Å². The standard InChI is InChI=1S/C8H6I2O5S2/c1-13-5-2-4(14-16-9)3-6(15-17-10)7(5)8(11)12/h2-3H,1H3,(H,11,12). The van der Waals surface area contributed by atoms with Crippen LogP contribution >= 0.6 is 60.8 Å². The summed E-state index contributed by atoms with van der Waals surface area (Å²) in [6, 6.07) is 3.00. The zero-order valence-electron chi connectivity index (χ0n) is 8.31. The van der Waals surface area contributed by atoms with Crippen LogP contribution < -0.4 is 13.1 Å². The van der Waals surface area contributed by atoms with Gasteiger partial charge in [0.2, 0.25) is 0 Å². The van der Waals surface area contributed by atoms with Crippen LogP contribution in [0, 0.1) is 0 Å². The summed E-state index contributed by atoms with van der Waals surface area (Å²) in [4.78, 5) is 11.1. The van der Waals surface area contributed by atoms with Gasteiger partial charge in [-0.05, 0) is 0 Å². The Labute approximate surface area is 131 Å². The molecule has 0 amide bonds. The molecular weight excluding hydrogens is 494 g/mol. The van der Waals surface area contributed by atoms with Crippen LogP contribution in [0.5, 0.6) is 17.2 Å². The largest absolute Gasteiger partial charge is 0.496 e. The predicted octanol–water partition coefficient (Wildman–Crippen LogP) is 4.15. The van der Waals surface area contributed by atoms with Gasteiger partial charge in [0.1, 0.15) is 35.5 Å². The Morgan fingerprint density at radius 2 is 1.82 bits per heavy atom. The van der Waals surface area contributed by atoms with Crippen LogP contribution in [0.1, 0.15) is 10.4 Å². The third kappa shape index (κ3) is 4.13. The summed E-state index contributed by atoms with van der Waals surface area (Å²) in [5.41, 5.74) is -0.0255. The quantitative estimate of drug-likeness (QED) is 0.466. The van der Waals surface area contributed by atoms with Crippen molar-refractivity contribution in [2.24, 2.45) is 0 Å². The number of carboxylic acid groups (broad SMARTS) is 1. The molecule has 0 spiro atoms. The van der Waals surface area contributed by atoms with E-state index in [1.54, 1.807) is 0 Å². The number of hydrogen-bond donors (Lipinski definition) is 1. The molecule has 9 heteroatoms. The second-order valence-electron chi connectivity index (χ2n) is 2.60. The monoisotopic (exact) mass is 500 g/mol. The Hall–Kier alpha value is 0.250. The van der Waals surface area contributed by atoms with Crippen molar-refractivity contribution in [3.63, 3.8) is 0 Å². The van der Waals surface area contributed by atoms with Crippen molar-refractivity contribution in [1.82, 2.24) is 0 Å². The third-order valence-electron chi connectivity index (χ3n) is 1.72. The third-order valence-corrected chi connectivity index (χ3v) is 3.30. The maximum atomic E-state index is 11.1.